The summed E-state index contributed by atoms with van der Waals surface area (Å²) in [5.41, 5.74) is 7.72. The Balaban J connectivity index is 2.06. The molecule has 0 radical (unpaired) electrons. The van der Waals surface area contributed by atoms with E-state index in [1.165, 1.54) is 0 Å². The van der Waals surface area contributed by atoms with Crippen molar-refractivity contribution >= 4 is 28.9 Å². The second kappa shape index (κ2) is 5.87. The predicted octanol–water partition coefficient (Wildman–Crippen LogP) is 4.04. The normalized spacial score (nSPS) is 10.7. The molecule has 3 N–H and O–H groups in total. The minimum Gasteiger partial charge on any atom is -0.496 e. The molecule has 0 amide bonds. The maximum Gasteiger partial charge on any atom is 0.181 e. The predicted molar refractivity (Wildman–Crippen MR) is 88.2 cm³/mol. The molecule has 0 aliphatic heterocycles. The zero-order valence-electron chi connectivity index (χ0n) is 11.6. The zero-order chi connectivity index (χ0) is 15.7. The number of benzene rings is 2. The summed E-state index contributed by atoms with van der Waals surface area (Å²) in [6.45, 7) is 0. The van der Waals surface area contributed by atoms with E-state index in [9.17, 15) is 0 Å². The molecule has 2 aromatic carbocycles. The fourth-order valence-corrected chi connectivity index (χ4v) is 2.42. The van der Waals surface area contributed by atoms with Crippen LogP contribution in [0.25, 0.3) is 22.8 Å². The van der Waals surface area contributed by atoms with Crippen molar-refractivity contribution in [2.75, 3.05) is 12.8 Å². The first-order valence-corrected chi connectivity index (χ1v) is 7.16. The van der Waals surface area contributed by atoms with Crippen LogP contribution < -0.4 is 10.5 Å². The van der Waals surface area contributed by atoms with Gasteiger partial charge in [0.2, 0.25) is 0 Å². The van der Waals surface area contributed by atoms with Crippen LogP contribution in [0.2, 0.25) is 10.0 Å². The molecule has 7 heteroatoms. The molecule has 0 unspecified atom stereocenters. The van der Waals surface area contributed by atoms with Gasteiger partial charge < -0.3 is 10.5 Å². The summed E-state index contributed by atoms with van der Waals surface area (Å²) in [6.07, 6.45) is 0. The molecule has 0 aliphatic rings. The molecular formula is C15H12Cl2N4O. The van der Waals surface area contributed by atoms with Crippen LogP contribution in [0.4, 0.5) is 5.69 Å². The van der Waals surface area contributed by atoms with Gasteiger partial charge in [-0.1, -0.05) is 35.3 Å². The second-order valence-corrected chi connectivity index (χ2v) is 5.44. The van der Waals surface area contributed by atoms with Crippen molar-refractivity contribution in [1.82, 2.24) is 15.2 Å². The molecule has 0 fully saturated rings. The van der Waals surface area contributed by atoms with E-state index < -0.39 is 0 Å². The highest BCUT2D eigenvalue weighted by atomic mass is 35.5. The van der Waals surface area contributed by atoms with Crippen LogP contribution in [-0.4, -0.2) is 22.3 Å². The highest BCUT2D eigenvalue weighted by Gasteiger charge is 2.14. The number of halogens is 2. The SMILES string of the molecule is COc1cc(N)c(Cl)cc1-c1nc(-c2cccc(Cl)c2)n[nH]1. The Labute approximate surface area is 137 Å². The van der Waals surface area contributed by atoms with Crippen LogP contribution in [0.1, 0.15) is 0 Å². The van der Waals surface area contributed by atoms with Crippen LogP contribution in [0.5, 0.6) is 5.75 Å². The summed E-state index contributed by atoms with van der Waals surface area (Å²) in [4.78, 5) is 4.47. The Morgan fingerprint density at radius 1 is 1.18 bits per heavy atom. The van der Waals surface area contributed by atoms with Gasteiger partial charge in [-0.25, -0.2) is 4.98 Å². The van der Waals surface area contributed by atoms with E-state index in [0.717, 1.165) is 5.56 Å². The third-order valence-electron chi connectivity index (χ3n) is 3.14. The summed E-state index contributed by atoms with van der Waals surface area (Å²) in [5, 5.41) is 8.13. The minimum atomic E-state index is 0.427. The van der Waals surface area contributed by atoms with E-state index in [-0.39, 0.29) is 0 Å². The lowest BCUT2D eigenvalue weighted by atomic mass is 10.1. The Morgan fingerprint density at radius 3 is 2.73 bits per heavy atom. The molecule has 0 atom stereocenters. The van der Waals surface area contributed by atoms with Crippen molar-refractivity contribution in [2.45, 2.75) is 0 Å². The van der Waals surface area contributed by atoms with Gasteiger partial charge in [0, 0.05) is 16.7 Å². The maximum absolute atomic E-state index is 6.08. The number of nitrogens with one attached hydrogen (secondary N) is 1. The number of H-pyrrole nitrogens is 1. The number of nitrogens with zero attached hydrogens (tertiary/aromatic N) is 2. The van der Waals surface area contributed by atoms with Gasteiger partial charge in [-0.2, -0.15) is 5.10 Å². The van der Waals surface area contributed by atoms with Crippen LogP contribution in [0.3, 0.4) is 0 Å². The molecule has 1 aromatic heterocycles. The fourth-order valence-electron chi connectivity index (χ4n) is 2.06. The van der Waals surface area contributed by atoms with Gasteiger partial charge in [-0.05, 0) is 18.2 Å². The first-order chi connectivity index (χ1) is 10.6. The first-order valence-electron chi connectivity index (χ1n) is 6.40. The molecule has 0 bridgehead atoms. The van der Waals surface area contributed by atoms with Crippen molar-refractivity contribution in [3.63, 3.8) is 0 Å². The third-order valence-corrected chi connectivity index (χ3v) is 3.70. The van der Waals surface area contributed by atoms with Crippen LogP contribution in [0, 0.1) is 0 Å². The molecule has 1 heterocycles. The lowest BCUT2D eigenvalue weighted by molar-refractivity contribution is 0.416. The van der Waals surface area contributed by atoms with Crippen molar-refractivity contribution in [2.24, 2.45) is 0 Å². The van der Waals surface area contributed by atoms with Crippen molar-refractivity contribution in [3.05, 3.63) is 46.4 Å². The van der Waals surface area contributed by atoms with Crippen molar-refractivity contribution in [3.8, 4) is 28.5 Å². The summed E-state index contributed by atoms with van der Waals surface area (Å²) >= 11 is 12.1. The summed E-state index contributed by atoms with van der Waals surface area (Å²) in [5.74, 6) is 1.64. The van der Waals surface area contributed by atoms with Gasteiger partial charge in [0.05, 0.1) is 23.4 Å². The highest BCUT2D eigenvalue weighted by molar-refractivity contribution is 6.33. The quantitative estimate of drug-likeness (QED) is 0.708. The van der Waals surface area contributed by atoms with E-state index in [2.05, 4.69) is 15.2 Å². The average molecular weight is 335 g/mol. The first kappa shape index (κ1) is 14.7. The molecule has 0 spiro atoms. The number of rotatable bonds is 3. The molecule has 0 saturated heterocycles. The molecular weight excluding hydrogens is 323 g/mol. The molecule has 112 valence electrons. The summed E-state index contributed by atoms with van der Waals surface area (Å²) in [6, 6.07) is 10.7. The molecule has 3 rings (SSSR count). The van der Waals surface area contributed by atoms with Gasteiger partial charge in [-0.3, -0.25) is 5.10 Å². The second-order valence-electron chi connectivity index (χ2n) is 4.59. The van der Waals surface area contributed by atoms with Gasteiger partial charge in [-0.15, -0.1) is 0 Å². The van der Waals surface area contributed by atoms with Crippen molar-refractivity contribution in [1.29, 1.82) is 0 Å². The lowest BCUT2D eigenvalue weighted by Gasteiger charge is -2.08. The van der Waals surface area contributed by atoms with Gasteiger partial charge in [0.1, 0.15) is 5.75 Å². The summed E-state index contributed by atoms with van der Waals surface area (Å²) < 4.78 is 5.32. The maximum atomic E-state index is 6.08. The van der Waals surface area contributed by atoms with Gasteiger partial charge >= 0.3 is 0 Å². The largest absolute Gasteiger partial charge is 0.496 e. The Morgan fingerprint density at radius 2 is 2.00 bits per heavy atom. The van der Waals surface area contributed by atoms with Crippen molar-refractivity contribution < 1.29 is 4.74 Å². The Kier molecular flexibility index (Phi) is 3.92. The van der Waals surface area contributed by atoms with Crippen LogP contribution in [-0.2, 0) is 0 Å². The molecule has 22 heavy (non-hydrogen) atoms. The van der Waals surface area contributed by atoms with Gasteiger partial charge in [0.25, 0.3) is 0 Å². The fraction of sp³-hybridized carbons (Fsp3) is 0.0667. The van der Waals surface area contributed by atoms with Gasteiger partial charge in [0.15, 0.2) is 11.6 Å². The Bertz CT molecular complexity index is 832. The molecule has 3 aromatic rings. The number of aromatic amines is 1. The lowest BCUT2D eigenvalue weighted by Crippen LogP contribution is -1.94. The van der Waals surface area contributed by atoms with E-state index >= 15 is 0 Å². The zero-order valence-corrected chi connectivity index (χ0v) is 13.1. The Hall–Kier alpha value is -2.24. The highest BCUT2D eigenvalue weighted by Crippen LogP contribution is 2.35. The number of anilines is 1. The number of ether oxygens (including phenoxy) is 1. The number of hydrogen-bond acceptors (Lipinski definition) is 4. The number of nitrogen functional groups attached to an aromatic ring is 1. The number of aromatic nitrogens is 3. The van der Waals surface area contributed by atoms with E-state index in [1.54, 1.807) is 31.4 Å². The van der Waals surface area contributed by atoms with Crippen LogP contribution in [0.15, 0.2) is 36.4 Å². The van der Waals surface area contributed by atoms with Crippen LogP contribution >= 0.6 is 23.2 Å². The minimum absolute atomic E-state index is 0.427. The molecule has 0 aliphatic carbocycles. The standard InChI is InChI=1S/C15H12Cl2N4O/c1-22-13-7-12(18)11(17)6-10(13)15-19-14(20-21-15)8-3-2-4-9(16)5-8/h2-7H,18H2,1H3,(H,19,20,21). The molecule has 0 saturated carbocycles. The smallest absolute Gasteiger partial charge is 0.181 e. The van der Waals surface area contributed by atoms with E-state index in [1.807, 2.05) is 12.1 Å². The van der Waals surface area contributed by atoms with E-state index in [4.69, 9.17) is 33.7 Å². The molecule has 5 nitrogen and oxygen atoms in total. The third kappa shape index (κ3) is 2.73. The monoisotopic (exact) mass is 334 g/mol. The van der Waals surface area contributed by atoms with E-state index in [0.29, 0.717) is 38.7 Å². The average Bonchev–Trinajstić information content (AvgIpc) is 2.99. The summed E-state index contributed by atoms with van der Waals surface area (Å²) in [7, 11) is 1.56. The number of hydrogen-bond donors (Lipinski definition) is 2. The number of methoxy groups -OCH3 is 1. The topological polar surface area (TPSA) is 76.8 Å². The number of nitrogens with two attached hydrogens (primary N) is 1.